The number of nitrogens with one attached hydrogen (secondary N) is 3. The molecule has 1 aromatic heterocycles. The molecule has 1 aliphatic heterocycles. The topological polar surface area (TPSA) is 87.3 Å². The van der Waals surface area contributed by atoms with Crippen molar-refractivity contribution in [3.8, 4) is 0 Å². The van der Waals surface area contributed by atoms with Crippen LogP contribution >= 0.6 is 22.9 Å². The number of imide groups is 1. The minimum absolute atomic E-state index is 0.330. The Balaban J connectivity index is 1.63. The van der Waals surface area contributed by atoms with Crippen LogP contribution in [-0.4, -0.2) is 17.8 Å². The van der Waals surface area contributed by atoms with Gasteiger partial charge in [0, 0.05) is 15.8 Å². The largest absolute Gasteiger partial charge is 0.322 e. The number of rotatable bonds is 3. The number of anilines is 1. The molecule has 2 heterocycles. The fourth-order valence-corrected chi connectivity index (χ4v) is 4.41. The lowest BCUT2D eigenvalue weighted by Crippen LogP contribution is -2.40. The third kappa shape index (κ3) is 2.94. The van der Waals surface area contributed by atoms with Crippen LogP contribution in [0.25, 0.3) is 10.1 Å². The van der Waals surface area contributed by atoms with E-state index in [0.717, 1.165) is 10.1 Å². The first-order chi connectivity index (χ1) is 12.9. The van der Waals surface area contributed by atoms with E-state index in [0.29, 0.717) is 21.2 Å². The molecule has 0 bridgehead atoms. The fourth-order valence-electron chi connectivity index (χ4n) is 3.00. The van der Waals surface area contributed by atoms with E-state index in [9.17, 15) is 14.4 Å². The quantitative estimate of drug-likeness (QED) is 0.584. The van der Waals surface area contributed by atoms with Crippen LogP contribution in [0.5, 0.6) is 0 Å². The standard InChI is InChI=1S/C19H14ClN3O3S/c1-19(17(25)22-18(26)23-19)10-5-4-6-11(9-10)21-16(24)15-14(20)12-7-2-3-8-13(12)27-15/h2-9H,1H3,(H,21,24)(H2,22,23,25,26)/t19-/m1/s1. The monoisotopic (exact) mass is 399 g/mol. The highest BCUT2D eigenvalue weighted by molar-refractivity contribution is 7.21. The normalized spacial score (nSPS) is 19.0. The molecule has 1 fully saturated rings. The zero-order chi connectivity index (χ0) is 19.2. The molecule has 4 amide bonds. The van der Waals surface area contributed by atoms with Gasteiger partial charge in [-0.15, -0.1) is 11.3 Å². The molecule has 27 heavy (non-hydrogen) atoms. The summed E-state index contributed by atoms with van der Waals surface area (Å²) in [6, 6.07) is 13.8. The van der Waals surface area contributed by atoms with Crippen molar-refractivity contribution in [1.29, 1.82) is 0 Å². The van der Waals surface area contributed by atoms with Gasteiger partial charge in [-0.1, -0.05) is 41.9 Å². The zero-order valence-electron chi connectivity index (χ0n) is 14.1. The first-order valence-corrected chi connectivity index (χ1v) is 9.30. The Labute approximate surface area is 163 Å². The lowest BCUT2D eigenvalue weighted by Gasteiger charge is -2.21. The summed E-state index contributed by atoms with van der Waals surface area (Å²) in [6.45, 7) is 1.61. The summed E-state index contributed by atoms with van der Waals surface area (Å²) in [6.07, 6.45) is 0. The highest BCUT2D eigenvalue weighted by Gasteiger charge is 2.43. The van der Waals surface area contributed by atoms with E-state index in [-0.39, 0.29) is 5.91 Å². The average molecular weight is 400 g/mol. The second-order valence-corrected chi connectivity index (χ2v) is 7.74. The number of fused-ring (bicyclic) bond motifs is 1. The second kappa shape index (κ2) is 6.37. The number of benzene rings is 2. The molecule has 3 aromatic rings. The molecule has 0 aliphatic carbocycles. The summed E-state index contributed by atoms with van der Waals surface area (Å²) in [5, 5.41) is 8.89. The van der Waals surface area contributed by atoms with Gasteiger partial charge in [0.1, 0.15) is 10.4 Å². The fraction of sp³-hybridized carbons (Fsp3) is 0.105. The van der Waals surface area contributed by atoms with E-state index in [2.05, 4.69) is 16.0 Å². The van der Waals surface area contributed by atoms with Gasteiger partial charge in [-0.05, 0) is 30.7 Å². The van der Waals surface area contributed by atoms with Crippen LogP contribution in [0.4, 0.5) is 10.5 Å². The molecule has 2 aromatic carbocycles. The summed E-state index contributed by atoms with van der Waals surface area (Å²) in [4.78, 5) is 36.7. The summed E-state index contributed by atoms with van der Waals surface area (Å²) in [5.41, 5.74) is -0.125. The lowest BCUT2D eigenvalue weighted by molar-refractivity contribution is -0.123. The average Bonchev–Trinajstić information content (AvgIpc) is 3.12. The number of hydrogen-bond donors (Lipinski definition) is 3. The molecule has 3 N–H and O–H groups in total. The van der Waals surface area contributed by atoms with Gasteiger partial charge >= 0.3 is 6.03 Å². The number of hydrogen-bond acceptors (Lipinski definition) is 4. The Morgan fingerprint density at radius 1 is 1.15 bits per heavy atom. The van der Waals surface area contributed by atoms with Crippen LogP contribution in [0.2, 0.25) is 5.02 Å². The Morgan fingerprint density at radius 2 is 1.93 bits per heavy atom. The van der Waals surface area contributed by atoms with Crippen molar-refractivity contribution in [1.82, 2.24) is 10.6 Å². The van der Waals surface area contributed by atoms with Crippen LogP contribution in [-0.2, 0) is 10.3 Å². The number of carbonyl (C=O) groups excluding carboxylic acids is 3. The maximum atomic E-state index is 12.7. The van der Waals surface area contributed by atoms with Crippen LogP contribution in [0, 0.1) is 0 Å². The van der Waals surface area contributed by atoms with Crippen molar-refractivity contribution >= 4 is 56.6 Å². The highest BCUT2D eigenvalue weighted by atomic mass is 35.5. The van der Waals surface area contributed by atoms with Gasteiger partial charge in [0.25, 0.3) is 11.8 Å². The van der Waals surface area contributed by atoms with Gasteiger partial charge in [-0.2, -0.15) is 0 Å². The maximum Gasteiger partial charge on any atom is 0.322 e. The van der Waals surface area contributed by atoms with E-state index < -0.39 is 17.5 Å². The number of urea groups is 1. The molecule has 1 aliphatic rings. The van der Waals surface area contributed by atoms with E-state index >= 15 is 0 Å². The molecule has 1 saturated heterocycles. The number of thiophene rings is 1. The molecule has 136 valence electrons. The van der Waals surface area contributed by atoms with Crippen molar-refractivity contribution in [3.63, 3.8) is 0 Å². The lowest BCUT2D eigenvalue weighted by atomic mass is 9.92. The molecule has 0 saturated carbocycles. The molecule has 6 nitrogen and oxygen atoms in total. The molecule has 0 spiro atoms. The van der Waals surface area contributed by atoms with Crippen molar-refractivity contribution in [2.45, 2.75) is 12.5 Å². The minimum atomic E-state index is -1.19. The maximum absolute atomic E-state index is 12.7. The Hall–Kier alpha value is -2.90. The zero-order valence-corrected chi connectivity index (χ0v) is 15.7. The smallest absolute Gasteiger partial charge is 0.321 e. The van der Waals surface area contributed by atoms with Gasteiger partial charge in [-0.25, -0.2) is 4.79 Å². The number of amides is 4. The van der Waals surface area contributed by atoms with Gasteiger partial charge in [-0.3, -0.25) is 14.9 Å². The van der Waals surface area contributed by atoms with Crippen molar-refractivity contribution < 1.29 is 14.4 Å². The van der Waals surface area contributed by atoms with Gasteiger partial charge in [0.2, 0.25) is 0 Å². The summed E-state index contributed by atoms with van der Waals surface area (Å²) in [7, 11) is 0. The molecule has 0 unspecified atom stereocenters. The summed E-state index contributed by atoms with van der Waals surface area (Å²) >= 11 is 7.68. The molecule has 0 radical (unpaired) electrons. The predicted octanol–water partition coefficient (Wildman–Crippen LogP) is 3.86. The van der Waals surface area contributed by atoms with E-state index in [1.807, 2.05) is 24.3 Å². The first kappa shape index (κ1) is 17.5. The number of halogens is 1. The second-order valence-electron chi connectivity index (χ2n) is 6.31. The third-order valence-corrected chi connectivity index (χ3v) is 6.16. The minimum Gasteiger partial charge on any atom is -0.321 e. The summed E-state index contributed by atoms with van der Waals surface area (Å²) < 4.78 is 0.930. The van der Waals surface area contributed by atoms with E-state index in [4.69, 9.17) is 11.6 Å². The first-order valence-electron chi connectivity index (χ1n) is 8.11. The molecule has 8 heteroatoms. The van der Waals surface area contributed by atoms with Crippen LogP contribution in [0.3, 0.4) is 0 Å². The van der Waals surface area contributed by atoms with Crippen molar-refractivity contribution in [3.05, 3.63) is 64.0 Å². The third-order valence-electron chi connectivity index (χ3n) is 4.48. The van der Waals surface area contributed by atoms with Gasteiger partial charge in [0.05, 0.1) is 5.02 Å². The van der Waals surface area contributed by atoms with Crippen molar-refractivity contribution in [2.75, 3.05) is 5.32 Å². The Morgan fingerprint density at radius 3 is 2.63 bits per heavy atom. The summed E-state index contributed by atoms with van der Waals surface area (Å²) in [5.74, 6) is -0.771. The van der Waals surface area contributed by atoms with Crippen LogP contribution in [0.1, 0.15) is 22.2 Å². The van der Waals surface area contributed by atoms with Crippen LogP contribution < -0.4 is 16.0 Å². The van der Waals surface area contributed by atoms with E-state index in [1.165, 1.54) is 11.3 Å². The molecule has 4 rings (SSSR count). The van der Waals surface area contributed by atoms with Gasteiger partial charge < -0.3 is 10.6 Å². The SMILES string of the molecule is C[C@]1(c2cccc(NC(=O)c3sc4ccccc4c3Cl)c2)NC(=O)NC1=O. The van der Waals surface area contributed by atoms with E-state index in [1.54, 1.807) is 31.2 Å². The Bertz CT molecular complexity index is 1110. The number of carbonyl (C=O) groups is 3. The van der Waals surface area contributed by atoms with Crippen molar-refractivity contribution in [2.24, 2.45) is 0 Å². The van der Waals surface area contributed by atoms with Gasteiger partial charge in [0.15, 0.2) is 0 Å². The van der Waals surface area contributed by atoms with Crippen LogP contribution in [0.15, 0.2) is 48.5 Å². The highest BCUT2D eigenvalue weighted by Crippen LogP contribution is 2.35. The predicted molar refractivity (Wildman–Crippen MR) is 105 cm³/mol. The molecular formula is C19H14ClN3O3S. The molecule has 1 atom stereocenters. The molecular weight excluding hydrogens is 386 g/mol. The Kier molecular flexibility index (Phi) is 4.13.